The zero-order valence-corrected chi connectivity index (χ0v) is 24.1. The second-order valence-electron chi connectivity index (χ2n) is 11.0. The predicted octanol–water partition coefficient (Wildman–Crippen LogP) is 3.09. The molecule has 0 aliphatic carbocycles. The van der Waals surface area contributed by atoms with Gasteiger partial charge >= 0.3 is 0 Å². The average Bonchev–Trinajstić information content (AvgIpc) is 3.48. The normalized spacial score (nSPS) is 11.8. The Kier molecular flexibility index (Phi) is 8.21. The Bertz CT molecular complexity index is 1620. The number of nitrogens with two attached hydrogens (primary N) is 1. The van der Waals surface area contributed by atoms with Crippen molar-refractivity contribution in [3.63, 3.8) is 0 Å². The van der Waals surface area contributed by atoms with Gasteiger partial charge in [0.15, 0.2) is 17.3 Å². The lowest BCUT2D eigenvalue weighted by Crippen LogP contribution is -2.52. The number of fused-ring (bicyclic) bond motifs is 1. The first kappa shape index (κ1) is 29.4. The van der Waals surface area contributed by atoms with Gasteiger partial charge in [-0.05, 0) is 82.4 Å². The number of aromatic nitrogens is 5. The van der Waals surface area contributed by atoms with Crippen LogP contribution in [0.3, 0.4) is 0 Å². The van der Waals surface area contributed by atoms with Crippen LogP contribution in [-0.2, 0) is 6.54 Å². The van der Waals surface area contributed by atoms with Gasteiger partial charge in [0, 0.05) is 24.2 Å². The van der Waals surface area contributed by atoms with Gasteiger partial charge in [0.2, 0.25) is 0 Å². The van der Waals surface area contributed by atoms with Crippen molar-refractivity contribution in [3.8, 4) is 40.4 Å². The zero-order valence-electron chi connectivity index (χ0n) is 24.1. The van der Waals surface area contributed by atoms with Crippen molar-refractivity contribution in [2.45, 2.75) is 65.6 Å². The second kappa shape index (κ2) is 11.5. The van der Waals surface area contributed by atoms with Crippen LogP contribution in [0.2, 0.25) is 0 Å². The number of carbonyl (C=O) groups excluding carboxylic acids is 1. The Hall–Kier alpha value is -4.63. The Labute approximate surface area is 238 Å². The molecule has 0 saturated heterocycles. The minimum atomic E-state index is -1.24. The quantitative estimate of drug-likeness (QED) is 0.241. The lowest BCUT2D eigenvalue weighted by molar-refractivity contribution is -0.270. The Balaban J connectivity index is 1.69. The summed E-state index contributed by atoms with van der Waals surface area (Å²) in [6.07, 6.45) is -0.712. The number of hydrogen-bond donors (Lipinski definition) is 2. The number of aryl methyl sites for hydroxylation is 1. The zero-order chi connectivity index (χ0) is 29.9. The van der Waals surface area contributed by atoms with Crippen LogP contribution in [0.1, 0.15) is 53.7 Å². The van der Waals surface area contributed by atoms with Crippen molar-refractivity contribution >= 4 is 22.9 Å². The summed E-state index contributed by atoms with van der Waals surface area (Å²) in [6, 6.07) is 9.33. The summed E-state index contributed by atoms with van der Waals surface area (Å²) in [7, 11) is 0. The molecule has 0 saturated carbocycles. The minimum Gasteiger partial charge on any atom is -0.530 e. The highest BCUT2D eigenvalue weighted by Crippen LogP contribution is 2.31. The van der Waals surface area contributed by atoms with Crippen molar-refractivity contribution in [3.05, 3.63) is 36.0 Å². The Morgan fingerprint density at radius 1 is 1.20 bits per heavy atom. The number of hydrogen-bond acceptors (Lipinski definition) is 10. The van der Waals surface area contributed by atoms with Crippen molar-refractivity contribution in [1.82, 2.24) is 29.7 Å². The van der Waals surface area contributed by atoms with Gasteiger partial charge in [-0.1, -0.05) is 18.1 Å². The van der Waals surface area contributed by atoms with Crippen LogP contribution in [0.5, 0.6) is 5.75 Å². The first-order valence-electron chi connectivity index (χ1n) is 13.3. The van der Waals surface area contributed by atoms with Crippen LogP contribution in [0.15, 0.2) is 35.0 Å². The van der Waals surface area contributed by atoms with Gasteiger partial charge in [0.1, 0.15) is 28.7 Å². The van der Waals surface area contributed by atoms with E-state index in [0.29, 0.717) is 60.3 Å². The smallest absolute Gasteiger partial charge is 0.199 e. The van der Waals surface area contributed by atoms with E-state index in [4.69, 9.17) is 25.1 Å². The van der Waals surface area contributed by atoms with Gasteiger partial charge in [-0.15, -0.1) is 0 Å². The van der Waals surface area contributed by atoms with E-state index in [1.54, 1.807) is 13.8 Å². The number of nitrogens with zero attached hydrogens (tertiary/aromatic N) is 6. The third-order valence-electron chi connectivity index (χ3n) is 6.22. The highest BCUT2D eigenvalue weighted by atomic mass is 16.6. The molecule has 0 unspecified atom stereocenters. The molecule has 4 rings (SSSR count). The molecule has 0 fully saturated rings. The van der Waals surface area contributed by atoms with Crippen molar-refractivity contribution < 1.29 is 24.4 Å². The number of anilines is 1. The molecule has 0 atom stereocenters. The Morgan fingerprint density at radius 3 is 2.56 bits per heavy atom. The van der Waals surface area contributed by atoms with E-state index in [2.05, 4.69) is 22.2 Å². The van der Waals surface area contributed by atoms with Gasteiger partial charge in [0.05, 0.1) is 17.8 Å². The van der Waals surface area contributed by atoms with Crippen molar-refractivity contribution in [2.24, 2.45) is 0 Å². The number of carbonyl (C=O) groups is 1. The first-order valence-corrected chi connectivity index (χ1v) is 13.3. The molecular formula is C29H34N7O5-. The van der Waals surface area contributed by atoms with Gasteiger partial charge in [-0.3, -0.25) is 0 Å². The molecule has 12 nitrogen and oxygen atoms in total. The van der Waals surface area contributed by atoms with E-state index >= 15 is 0 Å². The lowest BCUT2D eigenvalue weighted by Gasteiger charge is -2.37. The molecule has 41 heavy (non-hydrogen) atoms. The molecule has 0 aliphatic heterocycles. The molecule has 0 bridgehead atoms. The highest BCUT2D eigenvalue weighted by Gasteiger charge is 2.22. The lowest BCUT2D eigenvalue weighted by atomic mass is 10.1. The maximum absolute atomic E-state index is 11.5. The third kappa shape index (κ3) is 6.75. The highest BCUT2D eigenvalue weighted by molar-refractivity contribution is 5.88. The molecule has 12 heteroatoms. The van der Waals surface area contributed by atoms with Gasteiger partial charge < -0.3 is 34.9 Å². The van der Waals surface area contributed by atoms with E-state index in [1.165, 1.54) is 4.90 Å². The van der Waals surface area contributed by atoms with Crippen LogP contribution in [0.25, 0.3) is 33.8 Å². The van der Waals surface area contributed by atoms with Gasteiger partial charge in [-0.2, -0.15) is 0 Å². The maximum Gasteiger partial charge on any atom is 0.199 e. The Morgan fingerprint density at radius 2 is 1.95 bits per heavy atom. The molecule has 0 spiro atoms. The number of amides is 1. The molecule has 1 amide bonds. The van der Waals surface area contributed by atoms with E-state index in [9.17, 15) is 15.0 Å². The van der Waals surface area contributed by atoms with E-state index in [1.807, 2.05) is 62.6 Å². The average molecular weight is 561 g/mol. The van der Waals surface area contributed by atoms with Crippen LogP contribution in [-0.4, -0.2) is 65.2 Å². The second-order valence-corrected chi connectivity index (χ2v) is 11.0. The summed E-state index contributed by atoms with van der Waals surface area (Å²) in [5.41, 5.74) is 7.50. The number of imidazole rings is 1. The van der Waals surface area contributed by atoms with Crippen molar-refractivity contribution in [2.75, 3.05) is 18.9 Å². The topological polar surface area (TPSA) is 168 Å². The third-order valence-corrected chi connectivity index (χ3v) is 6.22. The monoisotopic (exact) mass is 560 g/mol. The van der Waals surface area contributed by atoms with Crippen molar-refractivity contribution in [1.29, 1.82) is 0 Å². The number of ether oxygens (including phenoxy) is 1. The first-order chi connectivity index (χ1) is 19.3. The summed E-state index contributed by atoms with van der Waals surface area (Å²) < 4.78 is 12.7. The van der Waals surface area contributed by atoms with E-state index < -0.39 is 17.2 Å². The predicted molar refractivity (Wildman–Crippen MR) is 151 cm³/mol. The van der Waals surface area contributed by atoms with Crippen LogP contribution < -0.4 is 15.6 Å². The number of nitrogen functional groups attached to an aromatic ring is 1. The summed E-state index contributed by atoms with van der Waals surface area (Å²) in [4.78, 5) is 22.3. The molecule has 4 aromatic rings. The molecular weight excluding hydrogens is 526 g/mol. The number of pyridine rings is 1. The fourth-order valence-corrected chi connectivity index (χ4v) is 4.28. The van der Waals surface area contributed by atoms with Crippen LogP contribution in [0, 0.1) is 11.8 Å². The number of carboxylic acid groups (broad SMARTS) is 1. The van der Waals surface area contributed by atoms with Gasteiger partial charge in [-0.25, -0.2) is 14.6 Å². The standard InChI is InChI=1S/C29H35N7O5/c1-7-35-22-17-21(18-10-8-11-19(16-18)40-15-9-14-36(27(37)38)28(2,3)4)31-20(12-13-29(5,6)39)23(22)32-26(35)24-25(30)34-41-33-24/h8,10-11,16-17,39H,7,9,14-15H2,1-6H3,(H2,30,34)(H,37,38)/p-1. The maximum atomic E-state index is 11.5. The summed E-state index contributed by atoms with van der Waals surface area (Å²) in [5, 5.41) is 29.3. The fraction of sp³-hybridized carbons (Fsp3) is 0.414. The minimum absolute atomic E-state index is 0.113. The van der Waals surface area contributed by atoms with Crippen LogP contribution >= 0.6 is 0 Å². The number of aliphatic hydroxyl groups is 1. The van der Waals surface area contributed by atoms with Gasteiger partial charge in [0.25, 0.3) is 0 Å². The summed E-state index contributed by atoms with van der Waals surface area (Å²) >= 11 is 0. The number of rotatable bonds is 8. The molecule has 0 radical (unpaired) electrons. The van der Waals surface area contributed by atoms with E-state index in [0.717, 1.165) is 11.1 Å². The SMILES string of the molecule is CCn1c(-c2nonc2N)nc2c(C#CC(C)(C)O)nc(-c3cccc(OCCCN(C(=O)[O-])C(C)(C)C)c3)cc21. The molecule has 3 aromatic heterocycles. The fourth-order valence-electron chi connectivity index (χ4n) is 4.28. The molecule has 216 valence electrons. The summed E-state index contributed by atoms with van der Waals surface area (Å²) in [6.45, 7) is 11.8. The molecule has 1 aromatic carbocycles. The number of benzene rings is 1. The van der Waals surface area contributed by atoms with E-state index in [-0.39, 0.29) is 5.82 Å². The molecule has 0 aliphatic rings. The summed E-state index contributed by atoms with van der Waals surface area (Å²) in [5.74, 6) is 6.99. The molecule has 3 heterocycles. The largest absolute Gasteiger partial charge is 0.530 e. The molecule has 3 N–H and O–H groups in total. The van der Waals surface area contributed by atoms with Crippen LogP contribution in [0.4, 0.5) is 10.6 Å².